The Balaban J connectivity index is 2.30. The third-order valence-electron chi connectivity index (χ3n) is 3.14. The molecule has 0 saturated carbocycles. The van der Waals surface area contributed by atoms with Gasteiger partial charge in [-0.05, 0) is 11.6 Å². The third-order valence-corrected chi connectivity index (χ3v) is 4.34. The van der Waals surface area contributed by atoms with Crippen LogP contribution in [0.3, 0.4) is 0 Å². The first kappa shape index (κ1) is 15.7. The lowest BCUT2D eigenvalue weighted by molar-refractivity contribution is 0.0806. The molecule has 0 saturated heterocycles. The van der Waals surface area contributed by atoms with Gasteiger partial charge in [0, 0.05) is 25.1 Å². The average molecular weight is 310 g/mol. The first-order valence-corrected chi connectivity index (χ1v) is 8.38. The molecule has 0 amide bonds. The summed E-state index contributed by atoms with van der Waals surface area (Å²) < 4.78 is 25.3. The molecule has 1 aromatic heterocycles. The highest BCUT2D eigenvalue weighted by Gasteiger charge is 2.15. The van der Waals surface area contributed by atoms with Crippen LogP contribution in [-0.4, -0.2) is 47.1 Å². The van der Waals surface area contributed by atoms with Gasteiger partial charge in [-0.3, -0.25) is 0 Å². The standard InChI is InChI=1S/C14H18N2O4S/c1-21(19,20)13-5-3-2-4-11(13)8-14-15-6-7-16(14)9-12(18)10-17/h2-7,12,17-18H,8-10H2,1H3. The molecule has 0 aliphatic heterocycles. The maximum Gasteiger partial charge on any atom is 0.175 e. The third kappa shape index (κ3) is 3.90. The van der Waals surface area contributed by atoms with E-state index in [4.69, 9.17) is 5.11 Å². The molecule has 7 heteroatoms. The van der Waals surface area contributed by atoms with Gasteiger partial charge < -0.3 is 14.8 Å². The lowest BCUT2D eigenvalue weighted by Gasteiger charge is -2.12. The largest absolute Gasteiger partial charge is 0.394 e. The Kier molecular flexibility index (Phi) is 4.76. The minimum absolute atomic E-state index is 0.215. The van der Waals surface area contributed by atoms with Crippen LogP contribution in [0.1, 0.15) is 11.4 Å². The van der Waals surface area contributed by atoms with Crippen molar-refractivity contribution in [1.29, 1.82) is 0 Å². The van der Waals surface area contributed by atoms with Crippen LogP contribution in [0.2, 0.25) is 0 Å². The Morgan fingerprint density at radius 3 is 2.71 bits per heavy atom. The molecular formula is C14H18N2O4S. The summed E-state index contributed by atoms with van der Waals surface area (Å²) in [6, 6.07) is 6.78. The van der Waals surface area contributed by atoms with E-state index in [9.17, 15) is 13.5 Å². The number of hydrogen-bond acceptors (Lipinski definition) is 5. The Hall–Kier alpha value is -1.70. The number of hydrogen-bond donors (Lipinski definition) is 2. The van der Waals surface area contributed by atoms with Gasteiger partial charge in [0.25, 0.3) is 0 Å². The monoisotopic (exact) mass is 310 g/mol. The van der Waals surface area contributed by atoms with Crippen molar-refractivity contribution in [2.24, 2.45) is 0 Å². The van der Waals surface area contributed by atoms with Gasteiger partial charge >= 0.3 is 0 Å². The fourth-order valence-corrected chi connectivity index (χ4v) is 3.08. The number of aromatic nitrogens is 2. The summed E-state index contributed by atoms with van der Waals surface area (Å²) in [5, 5.41) is 18.4. The zero-order valence-electron chi connectivity index (χ0n) is 11.7. The molecule has 0 spiro atoms. The molecule has 0 bridgehead atoms. The van der Waals surface area contributed by atoms with Gasteiger partial charge in [0.1, 0.15) is 5.82 Å². The van der Waals surface area contributed by atoms with Crippen LogP contribution in [-0.2, 0) is 22.8 Å². The number of aliphatic hydroxyl groups excluding tert-OH is 2. The van der Waals surface area contributed by atoms with Crippen LogP contribution in [0.5, 0.6) is 0 Å². The van der Waals surface area contributed by atoms with Gasteiger partial charge in [0.15, 0.2) is 9.84 Å². The predicted molar refractivity (Wildman–Crippen MR) is 77.7 cm³/mol. The molecule has 1 atom stereocenters. The number of nitrogens with zero attached hydrogens (tertiary/aromatic N) is 2. The number of rotatable bonds is 6. The summed E-state index contributed by atoms with van der Waals surface area (Å²) in [6.45, 7) is -0.121. The van der Waals surface area contributed by atoms with Crippen molar-refractivity contribution >= 4 is 9.84 Å². The van der Waals surface area contributed by atoms with E-state index < -0.39 is 15.9 Å². The summed E-state index contributed by atoms with van der Waals surface area (Å²) in [7, 11) is -3.30. The van der Waals surface area contributed by atoms with E-state index >= 15 is 0 Å². The Labute approximate surface area is 123 Å². The van der Waals surface area contributed by atoms with Gasteiger partial charge in [0.2, 0.25) is 0 Å². The van der Waals surface area contributed by atoms with Gasteiger partial charge in [-0.25, -0.2) is 13.4 Å². The van der Waals surface area contributed by atoms with Crippen LogP contribution >= 0.6 is 0 Å². The number of aliphatic hydroxyl groups is 2. The predicted octanol–water partition coefficient (Wildman–Crippen LogP) is 0.231. The first-order valence-electron chi connectivity index (χ1n) is 6.48. The van der Waals surface area contributed by atoms with Crippen molar-refractivity contribution in [3.8, 4) is 0 Å². The molecule has 6 nitrogen and oxygen atoms in total. The van der Waals surface area contributed by atoms with Crippen molar-refractivity contribution in [2.45, 2.75) is 24.0 Å². The van der Waals surface area contributed by atoms with Gasteiger partial charge in [0.05, 0.1) is 24.2 Å². The lowest BCUT2D eigenvalue weighted by atomic mass is 10.1. The SMILES string of the molecule is CS(=O)(=O)c1ccccc1Cc1nccn1CC(O)CO. The number of sulfone groups is 1. The van der Waals surface area contributed by atoms with Gasteiger partial charge in [-0.15, -0.1) is 0 Å². The molecule has 0 radical (unpaired) electrons. The van der Waals surface area contributed by atoms with Crippen LogP contribution in [0.25, 0.3) is 0 Å². The second kappa shape index (κ2) is 6.38. The molecule has 0 aliphatic carbocycles. The van der Waals surface area contributed by atoms with E-state index in [1.165, 1.54) is 6.26 Å². The Morgan fingerprint density at radius 2 is 2.05 bits per heavy atom. The van der Waals surface area contributed by atoms with E-state index in [0.29, 0.717) is 17.8 Å². The minimum Gasteiger partial charge on any atom is -0.394 e. The first-order chi connectivity index (χ1) is 9.91. The molecule has 114 valence electrons. The van der Waals surface area contributed by atoms with E-state index in [1.54, 1.807) is 41.2 Å². The number of imidazole rings is 1. The smallest absolute Gasteiger partial charge is 0.175 e. The topological polar surface area (TPSA) is 92.4 Å². The van der Waals surface area contributed by atoms with Crippen LogP contribution < -0.4 is 0 Å². The Bertz CT molecular complexity index is 709. The fraction of sp³-hybridized carbons (Fsp3) is 0.357. The van der Waals surface area contributed by atoms with Crippen molar-refractivity contribution in [1.82, 2.24) is 9.55 Å². The van der Waals surface area contributed by atoms with Crippen molar-refractivity contribution in [2.75, 3.05) is 12.9 Å². The summed E-state index contributed by atoms with van der Waals surface area (Å²) in [4.78, 5) is 4.48. The number of benzene rings is 1. The molecule has 1 aromatic carbocycles. The molecule has 2 aromatic rings. The average Bonchev–Trinajstić information content (AvgIpc) is 2.85. The quantitative estimate of drug-likeness (QED) is 0.797. The van der Waals surface area contributed by atoms with Gasteiger partial charge in [-0.1, -0.05) is 18.2 Å². The van der Waals surface area contributed by atoms with E-state index in [0.717, 1.165) is 0 Å². The minimum atomic E-state index is -3.30. The van der Waals surface area contributed by atoms with Crippen LogP contribution in [0.4, 0.5) is 0 Å². The van der Waals surface area contributed by atoms with Crippen molar-refractivity contribution in [3.05, 3.63) is 48.0 Å². The normalized spacial score (nSPS) is 13.3. The van der Waals surface area contributed by atoms with E-state index in [2.05, 4.69) is 4.98 Å². The summed E-state index contributed by atoms with van der Waals surface area (Å²) in [5.74, 6) is 0.638. The second-order valence-corrected chi connectivity index (χ2v) is 6.87. The maximum atomic E-state index is 11.8. The highest BCUT2D eigenvalue weighted by atomic mass is 32.2. The van der Waals surface area contributed by atoms with E-state index in [-0.39, 0.29) is 18.0 Å². The zero-order chi connectivity index (χ0) is 15.5. The highest BCUT2D eigenvalue weighted by Crippen LogP contribution is 2.18. The van der Waals surface area contributed by atoms with Crippen LogP contribution in [0.15, 0.2) is 41.6 Å². The molecular weight excluding hydrogens is 292 g/mol. The summed E-state index contributed by atoms with van der Waals surface area (Å²) >= 11 is 0. The fourth-order valence-electron chi connectivity index (χ4n) is 2.14. The van der Waals surface area contributed by atoms with E-state index in [1.807, 2.05) is 0 Å². The molecule has 1 unspecified atom stereocenters. The summed E-state index contributed by atoms with van der Waals surface area (Å²) in [5.41, 5.74) is 0.658. The molecule has 2 N–H and O–H groups in total. The van der Waals surface area contributed by atoms with Crippen LogP contribution in [0, 0.1) is 0 Å². The van der Waals surface area contributed by atoms with Crippen molar-refractivity contribution < 1.29 is 18.6 Å². The molecule has 0 aliphatic rings. The molecule has 2 rings (SSSR count). The maximum absolute atomic E-state index is 11.8. The molecule has 21 heavy (non-hydrogen) atoms. The molecule has 0 fully saturated rings. The lowest BCUT2D eigenvalue weighted by Crippen LogP contribution is -2.21. The highest BCUT2D eigenvalue weighted by molar-refractivity contribution is 7.90. The Morgan fingerprint density at radius 1 is 1.33 bits per heavy atom. The van der Waals surface area contributed by atoms with Crippen molar-refractivity contribution in [3.63, 3.8) is 0 Å². The summed E-state index contributed by atoms with van der Waals surface area (Å²) in [6.07, 6.45) is 3.92. The second-order valence-electron chi connectivity index (χ2n) is 4.89. The molecule has 1 heterocycles. The zero-order valence-corrected chi connectivity index (χ0v) is 12.5. The van der Waals surface area contributed by atoms with Gasteiger partial charge in [-0.2, -0.15) is 0 Å².